The summed E-state index contributed by atoms with van der Waals surface area (Å²) >= 11 is 11.8. The number of aromatic nitrogens is 2. The van der Waals surface area contributed by atoms with E-state index >= 15 is 0 Å². The van der Waals surface area contributed by atoms with Gasteiger partial charge in [-0.2, -0.15) is 0 Å². The number of likely N-dealkylation sites (tertiary alicyclic amines) is 1. The molecule has 110 valence electrons. The van der Waals surface area contributed by atoms with Crippen LogP contribution in [0.1, 0.15) is 40.7 Å². The molecular formula is C14H13Cl2N3O2. The number of halogens is 2. The van der Waals surface area contributed by atoms with Crippen molar-refractivity contribution < 1.29 is 9.32 Å². The minimum atomic E-state index is -0.166. The van der Waals surface area contributed by atoms with Crippen LogP contribution in [0.3, 0.4) is 0 Å². The van der Waals surface area contributed by atoms with Gasteiger partial charge < -0.3 is 9.42 Å². The Labute approximate surface area is 131 Å². The van der Waals surface area contributed by atoms with Gasteiger partial charge in [-0.3, -0.25) is 4.79 Å². The maximum atomic E-state index is 12.7. The maximum Gasteiger partial charge on any atom is 0.257 e. The molecule has 1 saturated heterocycles. The van der Waals surface area contributed by atoms with Gasteiger partial charge in [0.1, 0.15) is 10.3 Å². The molecule has 2 aromatic rings. The van der Waals surface area contributed by atoms with Gasteiger partial charge in [-0.05, 0) is 31.9 Å². The maximum absolute atomic E-state index is 12.7. The van der Waals surface area contributed by atoms with Crippen molar-refractivity contribution in [3.8, 4) is 0 Å². The standard InChI is InChI=1S/C14H13Cl2N3O2/c1-8-7-11(21-18-8)10-3-2-6-19(10)14(20)9-4-5-12(15)17-13(9)16/h4-5,7,10H,2-3,6H2,1H3. The molecule has 0 radical (unpaired) electrons. The van der Waals surface area contributed by atoms with Crippen molar-refractivity contribution in [2.75, 3.05) is 6.54 Å². The van der Waals surface area contributed by atoms with Gasteiger partial charge in [0.05, 0.1) is 17.3 Å². The fraction of sp³-hybridized carbons (Fsp3) is 0.357. The summed E-state index contributed by atoms with van der Waals surface area (Å²) in [6.45, 7) is 2.51. The van der Waals surface area contributed by atoms with Crippen LogP contribution in [-0.2, 0) is 0 Å². The number of amides is 1. The molecule has 0 aromatic carbocycles. The largest absolute Gasteiger partial charge is 0.359 e. The van der Waals surface area contributed by atoms with Gasteiger partial charge in [0, 0.05) is 12.6 Å². The van der Waals surface area contributed by atoms with E-state index in [1.54, 1.807) is 17.0 Å². The molecule has 3 heterocycles. The minimum absolute atomic E-state index is 0.106. The molecule has 21 heavy (non-hydrogen) atoms. The van der Waals surface area contributed by atoms with E-state index in [1.807, 2.05) is 13.0 Å². The third-order valence-electron chi connectivity index (χ3n) is 3.53. The molecule has 0 saturated carbocycles. The normalized spacial score (nSPS) is 18.2. The summed E-state index contributed by atoms with van der Waals surface area (Å²) in [5.74, 6) is 0.539. The van der Waals surface area contributed by atoms with Gasteiger partial charge in [0.2, 0.25) is 0 Å². The summed E-state index contributed by atoms with van der Waals surface area (Å²) < 4.78 is 5.30. The van der Waals surface area contributed by atoms with Crippen molar-refractivity contribution in [3.63, 3.8) is 0 Å². The molecule has 5 nitrogen and oxygen atoms in total. The lowest BCUT2D eigenvalue weighted by atomic mass is 10.1. The van der Waals surface area contributed by atoms with E-state index in [-0.39, 0.29) is 22.3 Å². The Balaban J connectivity index is 1.89. The number of aryl methyl sites for hydroxylation is 1. The zero-order chi connectivity index (χ0) is 15.0. The molecule has 1 aliphatic rings. The number of carbonyl (C=O) groups excluding carboxylic acids is 1. The van der Waals surface area contributed by atoms with E-state index in [4.69, 9.17) is 27.7 Å². The molecule has 1 amide bonds. The van der Waals surface area contributed by atoms with E-state index in [0.29, 0.717) is 17.9 Å². The second-order valence-corrected chi connectivity index (χ2v) is 5.74. The topological polar surface area (TPSA) is 59.2 Å². The monoisotopic (exact) mass is 325 g/mol. The molecule has 1 aliphatic heterocycles. The fourth-order valence-corrected chi connectivity index (χ4v) is 3.00. The average molecular weight is 326 g/mol. The lowest BCUT2D eigenvalue weighted by molar-refractivity contribution is 0.0714. The van der Waals surface area contributed by atoms with Crippen molar-refractivity contribution in [3.05, 3.63) is 45.5 Å². The smallest absolute Gasteiger partial charge is 0.257 e. The van der Waals surface area contributed by atoms with Crippen LogP contribution in [0.25, 0.3) is 0 Å². The number of hydrogen-bond donors (Lipinski definition) is 0. The number of nitrogens with zero attached hydrogens (tertiary/aromatic N) is 3. The van der Waals surface area contributed by atoms with E-state index in [9.17, 15) is 4.79 Å². The Kier molecular flexibility index (Phi) is 3.87. The van der Waals surface area contributed by atoms with Gasteiger partial charge in [-0.1, -0.05) is 28.4 Å². The highest BCUT2D eigenvalue weighted by molar-refractivity contribution is 6.34. The molecule has 0 bridgehead atoms. The zero-order valence-electron chi connectivity index (χ0n) is 11.3. The van der Waals surface area contributed by atoms with Gasteiger partial charge in [0.15, 0.2) is 5.76 Å². The van der Waals surface area contributed by atoms with Gasteiger partial charge >= 0.3 is 0 Å². The quantitative estimate of drug-likeness (QED) is 0.790. The minimum Gasteiger partial charge on any atom is -0.359 e. The van der Waals surface area contributed by atoms with Crippen molar-refractivity contribution in [1.29, 1.82) is 0 Å². The van der Waals surface area contributed by atoms with E-state index in [1.165, 1.54) is 0 Å². The highest BCUT2D eigenvalue weighted by Crippen LogP contribution is 2.34. The molecule has 3 rings (SSSR count). The SMILES string of the molecule is Cc1cc(C2CCCN2C(=O)c2ccc(Cl)nc2Cl)on1. The first kappa shape index (κ1) is 14.4. The summed E-state index contributed by atoms with van der Waals surface area (Å²) in [5, 5.41) is 4.27. The summed E-state index contributed by atoms with van der Waals surface area (Å²) in [6, 6.07) is 4.91. The molecule has 0 spiro atoms. The van der Waals surface area contributed by atoms with Crippen LogP contribution in [0.2, 0.25) is 10.3 Å². The highest BCUT2D eigenvalue weighted by atomic mass is 35.5. The molecule has 2 aromatic heterocycles. The first-order valence-electron chi connectivity index (χ1n) is 6.62. The number of carbonyl (C=O) groups is 1. The number of hydrogen-bond acceptors (Lipinski definition) is 4. The Bertz CT molecular complexity index is 687. The number of rotatable bonds is 2. The lowest BCUT2D eigenvalue weighted by Crippen LogP contribution is -2.30. The van der Waals surface area contributed by atoms with E-state index < -0.39 is 0 Å². The molecular weight excluding hydrogens is 313 g/mol. The molecule has 1 fully saturated rings. The Morgan fingerprint density at radius 2 is 2.24 bits per heavy atom. The predicted octanol–water partition coefficient (Wildman–Crippen LogP) is 3.66. The summed E-state index contributed by atoms with van der Waals surface area (Å²) in [7, 11) is 0. The van der Waals surface area contributed by atoms with Crippen molar-refractivity contribution >= 4 is 29.1 Å². The Morgan fingerprint density at radius 3 is 2.90 bits per heavy atom. The third-order valence-corrected chi connectivity index (χ3v) is 4.03. The zero-order valence-corrected chi connectivity index (χ0v) is 12.9. The second-order valence-electron chi connectivity index (χ2n) is 5.00. The van der Waals surface area contributed by atoms with E-state index in [2.05, 4.69) is 10.1 Å². The van der Waals surface area contributed by atoms with E-state index in [0.717, 1.165) is 18.5 Å². The van der Waals surface area contributed by atoms with Crippen molar-refractivity contribution in [2.45, 2.75) is 25.8 Å². The summed E-state index contributed by atoms with van der Waals surface area (Å²) in [5.41, 5.74) is 1.15. The molecule has 1 unspecified atom stereocenters. The third kappa shape index (κ3) is 2.76. The van der Waals surface area contributed by atoms with Gasteiger partial charge in [0.25, 0.3) is 5.91 Å². The fourth-order valence-electron chi connectivity index (χ4n) is 2.57. The van der Waals surface area contributed by atoms with Crippen molar-refractivity contribution in [1.82, 2.24) is 15.0 Å². The van der Waals surface area contributed by atoms with Crippen LogP contribution in [-0.4, -0.2) is 27.5 Å². The van der Waals surface area contributed by atoms with Crippen LogP contribution in [0, 0.1) is 6.92 Å². The van der Waals surface area contributed by atoms with Crippen LogP contribution in [0.15, 0.2) is 22.7 Å². The molecule has 7 heteroatoms. The van der Waals surface area contributed by atoms with Crippen LogP contribution in [0.5, 0.6) is 0 Å². The molecule has 0 N–H and O–H groups in total. The first-order chi connectivity index (χ1) is 10.1. The lowest BCUT2D eigenvalue weighted by Gasteiger charge is -2.23. The van der Waals surface area contributed by atoms with Crippen LogP contribution in [0.4, 0.5) is 0 Å². The first-order valence-corrected chi connectivity index (χ1v) is 7.38. The highest BCUT2D eigenvalue weighted by Gasteiger charge is 2.34. The van der Waals surface area contributed by atoms with Gasteiger partial charge in [-0.25, -0.2) is 4.98 Å². The van der Waals surface area contributed by atoms with Crippen molar-refractivity contribution in [2.24, 2.45) is 0 Å². The Hall–Kier alpha value is -1.59. The molecule has 0 aliphatic carbocycles. The number of pyridine rings is 1. The summed E-state index contributed by atoms with van der Waals surface area (Å²) in [6.07, 6.45) is 1.76. The Morgan fingerprint density at radius 1 is 1.43 bits per heavy atom. The van der Waals surface area contributed by atoms with Crippen LogP contribution >= 0.6 is 23.2 Å². The average Bonchev–Trinajstić information content (AvgIpc) is 3.06. The van der Waals surface area contributed by atoms with Gasteiger partial charge in [-0.15, -0.1) is 0 Å². The molecule has 1 atom stereocenters. The summed E-state index contributed by atoms with van der Waals surface area (Å²) in [4.78, 5) is 18.3. The van der Waals surface area contributed by atoms with Crippen LogP contribution < -0.4 is 0 Å². The second kappa shape index (κ2) is 5.66. The predicted molar refractivity (Wildman–Crippen MR) is 78.5 cm³/mol.